The summed E-state index contributed by atoms with van der Waals surface area (Å²) in [4.78, 5) is 0. The largest absolute Gasteiger partial charge is 0.326 e. The number of aromatic nitrogens is 4. The fraction of sp³-hybridized carbons (Fsp3) is 0.211. The van der Waals surface area contributed by atoms with Crippen LogP contribution >= 0.6 is 22.9 Å². The fourth-order valence-corrected chi connectivity index (χ4v) is 3.93. The van der Waals surface area contributed by atoms with Crippen molar-refractivity contribution >= 4 is 33.8 Å². The van der Waals surface area contributed by atoms with E-state index in [0.717, 1.165) is 44.2 Å². The summed E-state index contributed by atoms with van der Waals surface area (Å²) in [6, 6.07) is 14.1. The fourth-order valence-electron chi connectivity index (χ4n) is 3.16. The second kappa shape index (κ2) is 7.15. The predicted molar refractivity (Wildman–Crippen MR) is 107 cm³/mol. The topological polar surface area (TPSA) is 69.6 Å². The minimum absolute atomic E-state index is 0.0428. The van der Waals surface area contributed by atoms with Gasteiger partial charge in [0.25, 0.3) is 0 Å². The molecular weight excluding hydrogens is 366 g/mol. The van der Waals surface area contributed by atoms with Crippen LogP contribution in [0, 0.1) is 6.92 Å². The number of fused-ring (bicyclic) bond motifs is 1. The van der Waals surface area contributed by atoms with Crippen molar-refractivity contribution in [1.82, 2.24) is 20.0 Å². The van der Waals surface area contributed by atoms with Crippen molar-refractivity contribution in [3.8, 4) is 10.6 Å². The van der Waals surface area contributed by atoms with Gasteiger partial charge in [-0.2, -0.15) is 5.10 Å². The molecule has 0 unspecified atom stereocenters. The van der Waals surface area contributed by atoms with Crippen LogP contribution in [0.1, 0.15) is 11.3 Å². The predicted octanol–water partition coefficient (Wildman–Crippen LogP) is 4.09. The van der Waals surface area contributed by atoms with E-state index in [-0.39, 0.29) is 6.04 Å². The minimum Gasteiger partial charge on any atom is -0.326 e. The summed E-state index contributed by atoms with van der Waals surface area (Å²) in [5.41, 5.74) is 12.4. The van der Waals surface area contributed by atoms with Crippen LogP contribution in [0.25, 0.3) is 21.5 Å². The van der Waals surface area contributed by atoms with Gasteiger partial charge in [-0.15, -0.1) is 10.2 Å². The lowest BCUT2D eigenvalue weighted by atomic mass is 10.1. The number of rotatable bonds is 5. The van der Waals surface area contributed by atoms with E-state index in [1.807, 2.05) is 35.9 Å². The molecule has 1 atom stereocenters. The molecular formula is C19H18ClN5S. The number of benzene rings is 2. The molecule has 0 aliphatic heterocycles. The smallest absolute Gasteiger partial charge is 0.147 e. The molecule has 0 saturated carbocycles. The van der Waals surface area contributed by atoms with E-state index in [4.69, 9.17) is 17.3 Å². The average molecular weight is 384 g/mol. The molecule has 5 nitrogen and oxygen atoms in total. The summed E-state index contributed by atoms with van der Waals surface area (Å²) in [7, 11) is 0. The molecule has 2 N–H and O–H groups in total. The Morgan fingerprint density at radius 2 is 2.12 bits per heavy atom. The van der Waals surface area contributed by atoms with Crippen molar-refractivity contribution < 1.29 is 0 Å². The van der Waals surface area contributed by atoms with Crippen LogP contribution in [0.2, 0.25) is 5.02 Å². The van der Waals surface area contributed by atoms with Gasteiger partial charge in [0.05, 0.1) is 17.8 Å². The normalized spacial score (nSPS) is 12.6. The number of halogens is 1. The molecule has 0 bridgehead atoms. The van der Waals surface area contributed by atoms with Crippen LogP contribution < -0.4 is 5.73 Å². The van der Waals surface area contributed by atoms with Gasteiger partial charge in [0.2, 0.25) is 0 Å². The number of nitrogens with two attached hydrogens (primary N) is 1. The van der Waals surface area contributed by atoms with Gasteiger partial charge < -0.3 is 5.73 Å². The van der Waals surface area contributed by atoms with E-state index >= 15 is 0 Å². The molecule has 2 heterocycles. The summed E-state index contributed by atoms with van der Waals surface area (Å²) >= 11 is 7.59. The Kier molecular flexibility index (Phi) is 4.72. The lowest BCUT2D eigenvalue weighted by molar-refractivity contribution is 0.518. The van der Waals surface area contributed by atoms with Gasteiger partial charge in [0.1, 0.15) is 10.5 Å². The molecule has 0 spiro atoms. The molecule has 0 aliphatic rings. The van der Waals surface area contributed by atoms with E-state index < -0.39 is 0 Å². The standard InChI is InChI=1S/C19H18ClN5S/c1-12-17-9-14(19-23-22-11-26-19)5-6-18(17)25(24-12)10-16(21)8-13-3-2-4-15(20)7-13/h2-7,9,11,16H,8,10,21H2,1H3/t16-/m0/s1. The van der Waals surface area contributed by atoms with E-state index in [2.05, 4.69) is 33.5 Å². The van der Waals surface area contributed by atoms with Crippen LogP contribution in [-0.4, -0.2) is 26.0 Å². The molecule has 2 aromatic heterocycles. The Morgan fingerprint density at radius 3 is 2.88 bits per heavy atom. The molecule has 132 valence electrons. The molecule has 0 saturated heterocycles. The first-order valence-corrected chi connectivity index (χ1v) is 9.59. The quantitative estimate of drug-likeness (QED) is 0.563. The van der Waals surface area contributed by atoms with Gasteiger partial charge in [0, 0.05) is 22.0 Å². The summed E-state index contributed by atoms with van der Waals surface area (Å²) in [5, 5.41) is 15.5. The lowest BCUT2D eigenvalue weighted by Gasteiger charge is -2.13. The molecule has 0 fully saturated rings. The molecule has 2 aromatic carbocycles. The maximum atomic E-state index is 6.37. The van der Waals surface area contributed by atoms with Crippen molar-refractivity contribution in [2.24, 2.45) is 5.73 Å². The minimum atomic E-state index is -0.0428. The number of nitrogens with zero attached hydrogens (tertiary/aromatic N) is 4. The summed E-state index contributed by atoms with van der Waals surface area (Å²) < 4.78 is 1.99. The number of hydrogen-bond donors (Lipinski definition) is 1. The monoisotopic (exact) mass is 383 g/mol. The van der Waals surface area contributed by atoms with Crippen LogP contribution in [0.3, 0.4) is 0 Å². The van der Waals surface area contributed by atoms with Crippen LogP contribution in [0.15, 0.2) is 48.0 Å². The second-order valence-electron chi connectivity index (χ2n) is 6.34. The van der Waals surface area contributed by atoms with Gasteiger partial charge in [0.15, 0.2) is 0 Å². The van der Waals surface area contributed by atoms with Crippen molar-refractivity contribution in [2.75, 3.05) is 0 Å². The van der Waals surface area contributed by atoms with Crippen LogP contribution in [-0.2, 0) is 13.0 Å². The Hall–Kier alpha value is -2.28. The third kappa shape index (κ3) is 3.49. The summed E-state index contributed by atoms with van der Waals surface area (Å²) in [5.74, 6) is 0. The highest BCUT2D eigenvalue weighted by molar-refractivity contribution is 7.12. The molecule has 4 rings (SSSR count). The average Bonchev–Trinajstić information content (AvgIpc) is 3.24. The zero-order valence-corrected chi connectivity index (χ0v) is 15.8. The van der Waals surface area contributed by atoms with Gasteiger partial charge in [-0.25, -0.2) is 0 Å². The maximum absolute atomic E-state index is 6.37. The van der Waals surface area contributed by atoms with Gasteiger partial charge >= 0.3 is 0 Å². The van der Waals surface area contributed by atoms with Gasteiger partial charge in [-0.1, -0.05) is 35.1 Å². The molecule has 4 aromatic rings. The van der Waals surface area contributed by atoms with Crippen LogP contribution in [0.4, 0.5) is 0 Å². The summed E-state index contributed by atoms with van der Waals surface area (Å²) in [6.45, 7) is 2.67. The Bertz CT molecular complexity index is 1040. The first kappa shape index (κ1) is 17.1. The van der Waals surface area contributed by atoms with E-state index in [1.165, 1.54) is 11.3 Å². The molecule has 7 heteroatoms. The molecule has 26 heavy (non-hydrogen) atoms. The van der Waals surface area contributed by atoms with Crippen molar-refractivity contribution in [3.63, 3.8) is 0 Å². The van der Waals surface area contributed by atoms with E-state index in [0.29, 0.717) is 6.54 Å². The van der Waals surface area contributed by atoms with Crippen molar-refractivity contribution in [2.45, 2.75) is 25.9 Å². The van der Waals surface area contributed by atoms with E-state index in [1.54, 1.807) is 5.51 Å². The third-order valence-electron chi connectivity index (χ3n) is 4.34. The zero-order chi connectivity index (χ0) is 18.1. The SMILES string of the molecule is Cc1nn(C[C@@H](N)Cc2cccc(Cl)c2)c2ccc(-c3nncs3)cc12. The van der Waals surface area contributed by atoms with Crippen molar-refractivity contribution in [1.29, 1.82) is 0 Å². The second-order valence-corrected chi connectivity index (χ2v) is 7.61. The molecule has 0 radical (unpaired) electrons. The maximum Gasteiger partial charge on any atom is 0.147 e. The highest BCUT2D eigenvalue weighted by Gasteiger charge is 2.13. The van der Waals surface area contributed by atoms with Gasteiger partial charge in [-0.3, -0.25) is 4.68 Å². The highest BCUT2D eigenvalue weighted by atomic mass is 35.5. The first-order chi connectivity index (χ1) is 12.6. The highest BCUT2D eigenvalue weighted by Crippen LogP contribution is 2.27. The Balaban J connectivity index is 1.58. The van der Waals surface area contributed by atoms with Gasteiger partial charge in [-0.05, 0) is 49.2 Å². The number of hydrogen-bond acceptors (Lipinski definition) is 5. The Morgan fingerprint density at radius 1 is 1.23 bits per heavy atom. The molecule has 0 aliphatic carbocycles. The molecule has 0 amide bonds. The van der Waals surface area contributed by atoms with E-state index in [9.17, 15) is 0 Å². The third-order valence-corrected chi connectivity index (χ3v) is 5.31. The Labute approximate surface area is 160 Å². The lowest BCUT2D eigenvalue weighted by Crippen LogP contribution is -2.29. The van der Waals surface area contributed by atoms with Crippen molar-refractivity contribution in [3.05, 3.63) is 64.3 Å². The summed E-state index contributed by atoms with van der Waals surface area (Å²) in [6.07, 6.45) is 0.754. The van der Waals surface area contributed by atoms with Crippen LogP contribution in [0.5, 0.6) is 0 Å². The zero-order valence-electron chi connectivity index (χ0n) is 14.3. The first-order valence-electron chi connectivity index (χ1n) is 8.34. The number of aryl methyl sites for hydroxylation is 1.